The lowest BCUT2D eigenvalue weighted by atomic mass is 10.2. The maximum atomic E-state index is 13.2. The first-order valence-corrected chi connectivity index (χ1v) is 5.82. The zero-order valence-electron chi connectivity index (χ0n) is 9.55. The van der Waals surface area contributed by atoms with Gasteiger partial charge in [-0.3, -0.25) is 0 Å². The number of benzene rings is 2. The third-order valence-electron chi connectivity index (χ3n) is 2.77. The van der Waals surface area contributed by atoms with Gasteiger partial charge in [0.05, 0.1) is 11.2 Å². The molecule has 0 atom stereocenters. The summed E-state index contributed by atoms with van der Waals surface area (Å²) in [7, 11) is 0. The number of nitrogens with two attached hydrogens (primary N) is 1. The molecule has 2 aromatic carbocycles. The third-order valence-corrected chi connectivity index (χ3v) is 2.99. The van der Waals surface area contributed by atoms with E-state index in [1.807, 2.05) is 0 Å². The number of H-pyrrole nitrogens is 1. The van der Waals surface area contributed by atoms with E-state index in [2.05, 4.69) is 9.97 Å². The number of aromatic amines is 1. The zero-order chi connectivity index (χ0) is 13.6. The molecule has 0 unspecified atom stereocenters. The fraction of sp³-hybridized carbons (Fsp3) is 0. The van der Waals surface area contributed by atoms with Gasteiger partial charge in [0.2, 0.25) is 0 Å². The molecule has 3 nitrogen and oxygen atoms in total. The van der Waals surface area contributed by atoms with E-state index in [1.165, 1.54) is 6.07 Å². The van der Waals surface area contributed by atoms with Crippen LogP contribution in [0.2, 0.25) is 5.02 Å². The van der Waals surface area contributed by atoms with Crippen LogP contribution in [0, 0.1) is 11.6 Å². The monoisotopic (exact) mass is 279 g/mol. The van der Waals surface area contributed by atoms with Gasteiger partial charge in [-0.25, -0.2) is 13.8 Å². The van der Waals surface area contributed by atoms with Gasteiger partial charge in [0.15, 0.2) is 11.6 Å². The highest BCUT2D eigenvalue weighted by Crippen LogP contribution is 2.28. The van der Waals surface area contributed by atoms with Crippen LogP contribution < -0.4 is 5.73 Å². The maximum absolute atomic E-state index is 13.2. The van der Waals surface area contributed by atoms with Gasteiger partial charge in [0.1, 0.15) is 11.3 Å². The smallest absolute Gasteiger partial charge is 0.159 e. The molecule has 1 heterocycles. The fourth-order valence-electron chi connectivity index (χ4n) is 1.89. The van der Waals surface area contributed by atoms with Crippen molar-refractivity contribution in [3.63, 3.8) is 0 Å². The summed E-state index contributed by atoms with van der Waals surface area (Å²) in [5.41, 5.74) is 7.85. The Morgan fingerprint density at radius 2 is 1.89 bits per heavy atom. The molecule has 1 aromatic heterocycles. The van der Waals surface area contributed by atoms with Crippen LogP contribution >= 0.6 is 11.6 Å². The van der Waals surface area contributed by atoms with Gasteiger partial charge in [-0.2, -0.15) is 0 Å². The second kappa shape index (κ2) is 4.20. The van der Waals surface area contributed by atoms with Crippen LogP contribution in [0.5, 0.6) is 0 Å². The lowest BCUT2D eigenvalue weighted by molar-refractivity contribution is 0.509. The quantitative estimate of drug-likeness (QED) is 0.667. The first kappa shape index (κ1) is 11.9. The molecule has 19 heavy (non-hydrogen) atoms. The van der Waals surface area contributed by atoms with Crippen LogP contribution in [0.4, 0.5) is 14.5 Å². The van der Waals surface area contributed by atoms with E-state index >= 15 is 0 Å². The van der Waals surface area contributed by atoms with Crippen molar-refractivity contribution in [3.05, 3.63) is 47.0 Å². The topological polar surface area (TPSA) is 54.7 Å². The highest BCUT2D eigenvalue weighted by atomic mass is 35.5. The van der Waals surface area contributed by atoms with Crippen molar-refractivity contribution in [3.8, 4) is 11.4 Å². The lowest BCUT2D eigenvalue weighted by Crippen LogP contribution is -1.87. The first-order valence-electron chi connectivity index (χ1n) is 5.45. The Labute approximate surface area is 112 Å². The fourth-order valence-corrected chi connectivity index (χ4v) is 2.11. The van der Waals surface area contributed by atoms with Crippen LogP contribution in [-0.2, 0) is 0 Å². The van der Waals surface area contributed by atoms with Gasteiger partial charge in [-0.05, 0) is 30.3 Å². The van der Waals surface area contributed by atoms with Crippen molar-refractivity contribution in [1.29, 1.82) is 0 Å². The number of aromatic nitrogens is 2. The standard InChI is InChI=1S/C13H8ClF2N3/c14-7-4-10(17)12-11(5-7)18-13(19-12)6-1-2-8(15)9(16)3-6/h1-5H,17H2,(H,18,19). The van der Waals surface area contributed by atoms with Gasteiger partial charge in [-0.1, -0.05) is 11.6 Å². The Bertz CT molecular complexity index is 783. The molecule has 0 saturated carbocycles. The second-order valence-corrected chi connectivity index (χ2v) is 4.54. The predicted molar refractivity (Wildman–Crippen MR) is 70.9 cm³/mol. The number of fused-ring (bicyclic) bond motifs is 1. The van der Waals surface area contributed by atoms with Gasteiger partial charge in [0, 0.05) is 10.6 Å². The van der Waals surface area contributed by atoms with Gasteiger partial charge >= 0.3 is 0 Å². The number of anilines is 1. The summed E-state index contributed by atoms with van der Waals surface area (Å²) in [6.45, 7) is 0. The Hall–Kier alpha value is -2.14. The molecule has 0 bridgehead atoms. The average molecular weight is 280 g/mol. The summed E-state index contributed by atoms with van der Waals surface area (Å²) in [4.78, 5) is 7.24. The second-order valence-electron chi connectivity index (χ2n) is 4.11. The van der Waals surface area contributed by atoms with Gasteiger partial charge < -0.3 is 10.7 Å². The number of nitrogens with one attached hydrogen (secondary N) is 1. The molecule has 0 fully saturated rings. The third kappa shape index (κ3) is 2.02. The average Bonchev–Trinajstić information content (AvgIpc) is 2.76. The molecule has 0 radical (unpaired) electrons. The number of hydrogen-bond acceptors (Lipinski definition) is 2. The normalized spacial score (nSPS) is 11.1. The van der Waals surface area contributed by atoms with Crippen LogP contribution in [0.3, 0.4) is 0 Å². The van der Waals surface area contributed by atoms with E-state index in [9.17, 15) is 8.78 Å². The predicted octanol–water partition coefficient (Wildman–Crippen LogP) is 3.74. The minimum Gasteiger partial charge on any atom is -0.397 e. The molecule has 0 aliphatic heterocycles. The number of nitrogens with zero attached hydrogens (tertiary/aromatic N) is 1. The van der Waals surface area contributed by atoms with Crippen LogP contribution in [-0.4, -0.2) is 9.97 Å². The van der Waals surface area contributed by atoms with Crippen molar-refractivity contribution in [1.82, 2.24) is 9.97 Å². The molecule has 0 amide bonds. The van der Waals surface area contributed by atoms with Crippen LogP contribution in [0.25, 0.3) is 22.4 Å². The van der Waals surface area contributed by atoms with E-state index in [4.69, 9.17) is 17.3 Å². The largest absolute Gasteiger partial charge is 0.397 e. The van der Waals surface area contributed by atoms with Crippen molar-refractivity contribution in [2.75, 3.05) is 5.73 Å². The summed E-state index contributed by atoms with van der Waals surface area (Å²) >= 11 is 5.89. The molecular formula is C13H8ClF2N3. The summed E-state index contributed by atoms with van der Waals surface area (Å²) < 4.78 is 26.1. The van der Waals surface area contributed by atoms with Crippen molar-refractivity contribution >= 4 is 28.3 Å². The summed E-state index contributed by atoms with van der Waals surface area (Å²) in [5.74, 6) is -1.42. The van der Waals surface area contributed by atoms with E-state index < -0.39 is 11.6 Å². The maximum Gasteiger partial charge on any atom is 0.159 e. The minimum atomic E-state index is -0.927. The van der Waals surface area contributed by atoms with E-state index in [0.717, 1.165) is 12.1 Å². The summed E-state index contributed by atoms with van der Waals surface area (Å²) in [6.07, 6.45) is 0. The van der Waals surface area contributed by atoms with E-state index in [-0.39, 0.29) is 0 Å². The Morgan fingerprint density at radius 1 is 1.11 bits per heavy atom. The van der Waals surface area contributed by atoms with Gasteiger partial charge in [-0.15, -0.1) is 0 Å². The SMILES string of the molecule is Nc1cc(Cl)cc2[nH]c(-c3ccc(F)c(F)c3)nc12. The Balaban J connectivity index is 2.20. The molecule has 0 spiro atoms. The van der Waals surface area contributed by atoms with Crippen LogP contribution in [0.1, 0.15) is 0 Å². The molecule has 0 aliphatic rings. The Morgan fingerprint density at radius 3 is 2.63 bits per heavy atom. The molecule has 6 heteroatoms. The molecular weight excluding hydrogens is 272 g/mol. The number of hydrogen-bond donors (Lipinski definition) is 2. The molecule has 3 rings (SSSR count). The first-order chi connectivity index (χ1) is 9.04. The summed E-state index contributed by atoms with van der Waals surface area (Å²) in [5, 5.41) is 0.477. The van der Waals surface area contributed by atoms with Gasteiger partial charge in [0.25, 0.3) is 0 Å². The number of halogens is 3. The highest BCUT2D eigenvalue weighted by molar-refractivity contribution is 6.31. The lowest BCUT2D eigenvalue weighted by Gasteiger charge is -1.97. The van der Waals surface area contributed by atoms with Crippen molar-refractivity contribution < 1.29 is 8.78 Å². The minimum absolute atomic E-state index is 0.405. The zero-order valence-corrected chi connectivity index (χ0v) is 10.3. The van der Waals surface area contributed by atoms with Crippen molar-refractivity contribution in [2.24, 2.45) is 0 Å². The molecule has 96 valence electrons. The number of imidazole rings is 1. The number of nitrogen functional groups attached to an aromatic ring is 1. The summed E-state index contributed by atoms with van der Waals surface area (Å²) in [6, 6.07) is 6.82. The number of rotatable bonds is 1. The highest BCUT2D eigenvalue weighted by Gasteiger charge is 2.11. The van der Waals surface area contributed by atoms with E-state index in [0.29, 0.717) is 33.1 Å². The van der Waals surface area contributed by atoms with Crippen LogP contribution in [0.15, 0.2) is 30.3 Å². The van der Waals surface area contributed by atoms with Crippen molar-refractivity contribution in [2.45, 2.75) is 0 Å². The Kier molecular flexibility index (Phi) is 2.64. The molecule has 3 N–H and O–H groups in total. The molecule has 3 aromatic rings. The molecule has 0 aliphatic carbocycles. The van der Waals surface area contributed by atoms with E-state index in [1.54, 1.807) is 12.1 Å². The molecule has 0 saturated heterocycles.